The van der Waals surface area contributed by atoms with Crippen LogP contribution in [-0.4, -0.2) is 34.7 Å². The molecule has 0 saturated heterocycles. The van der Waals surface area contributed by atoms with Gasteiger partial charge in [0.25, 0.3) is 5.91 Å². The minimum Gasteiger partial charge on any atom is -0.454 e. The molecule has 0 aromatic heterocycles. The minimum atomic E-state index is -1.31. The first kappa shape index (κ1) is 18.9. The van der Waals surface area contributed by atoms with Crippen molar-refractivity contribution in [3.63, 3.8) is 0 Å². The average Bonchev–Trinajstić information content (AvgIpc) is 3.15. The van der Waals surface area contributed by atoms with Crippen molar-refractivity contribution >= 4 is 28.4 Å². The Labute approximate surface area is 159 Å². The lowest BCUT2D eigenvalue weighted by atomic mass is 10.2. The SMILES string of the molecule is CC[S@](=O)c1ccccc1C(=O)O[C@@H](C)C(=O)Nc1ccc2c(c1)OCO2. The van der Waals surface area contributed by atoms with Crippen LogP contribution in [0, 0.1) is 0 Å². The number of nitrogens with one attached hydrogen (secondary N) is 1. The molecule has 0 radical (unpaired) electrons. The van der Waals surface area contributed by atoms with Crippen molar-refractivity contribution in [2.24, 2.45) is 0 Å². The van der Waals surface area contributed by atoms with Crippen molar-refractivity contribution in [2.45, 2.75) is 24.8 Å². The second kappa shape index (κ2) is 8.22. The normalized spacial score (nSPS) is 14.3. The molecule has 7 nitrogen and oxygen atoms in total. The van der Waals surface area contributed by atoms with Crippen LogP contribution in [0.5, 0.6) is 11.5 Å². The van der Waals surface area contributed by atoms with Crippen molar-refractivity contribution in [3.05, 3.63) is 48.0 Å². The topological polar surface area (TPSA) is 90.9 Å². The smallest absolute Gasteiger partial charge is 0.340 e. The highest BCUT2D eigenvalue weighted by Gasteiger charge is 2.23. The molecule has 2 aromatic rings. The fourth-order valence-corrected chi connectivity index (χ4v) is 3.42. The van der Waals surface area contributed by atoms with Gasteiger partial charge in [0, 0.05) is 17.5 Å². The van der Waals surface area contributed by atoms with Gasteiger partial charge >= 0.3 is 5.97 Å². The van der Waals surface area contributed by atoms with Gasteiger partial charge < -0.3 is 19.5 Å². The molecule has 27 heavy (non-hydrogen) atoms. The molecule has 1 aliphatic heterocycles. The van der Waals surface area contributed by atoms with Crippen LogP contribution in [0.4, 0.5) is 5.69 Å². The monoisotopic (exact) mass is 389 g/mol. The molecule has 1 N–H and O–H groups in total. The van der Waals surface area contributed by atoms with Gasteiger partial charge in [-0.25, -0.2) is 4.79 Å². The molecule has 0 fully saturated rings. The van der Waals surface area contributed by atoms with E-state index in [1.54, 1.807) is 43.3 Å². The van der Waals surface area contributed by atoms with Gasteiger partial charge in [-0.05, 0) is 31.2 Å². The summed E-state index contributed by atoms with van der Waals surface area (Å²) in [6.07, 6.45) is -1.04. The van der Waals surface area contributed by atoms with Gasteiger partial charge in [0.1, 0.15) is 0 Å². The molecule has 0 unspecified atom stereocenters. The number of ether oxygens (including phenoxy) is 3. The largest absolute Gasteiger partial charge is 0.454 e. The summed E-state index contributed by atoms with van der Waals surface area (Å²) in [5.41, 5.74) is 0.694. The van der Waals surface area contributed by atoms with Crippen LogP contribution in [0.3, 0.4) is 0 Å². The Morgan fingerprint density at radius 1 is 1.19 bits per heavy atom. The van der Waals surface area contributed by atoms with Gasteiger partial charge in [-0.1, -0.05) is 19.1 Å². The van der Waals surface area contributed by atoms with E-state index in [2.05, 4.69) is 5.32 Å². The van der Waals surface area contributed by atoms with Crippen molar-refractivity contribution in [2.75, 3.05) is 17.9 Å². The highest BCUT2D eigenvalue weighted by atomic mass is 32.2. The van der Waals surface area contributed by atoms with E-state index >= 15 is 0 Å². The quantitative estimate of drug-likeness (QED) is 0.764. The summed E-state index contributed by atoms with van der Waals surface area (Å²) < 4.78 is 27.8. The number of carbonyl (C=O) groups is 2. The first-order valence-corrected chi connectivity index (χ1v) is 9.70. The minimum absolute atomic E-state index is 0.138. The predicted octanol–water partition coefficient (Wildman–Crippen LogP) is 2.73. The standard InChI is InChI=1S/C19H19NO6S/c1-3-27(23)17-7-5-4-6-14(17)19(22)26-12(2)18(21)20-13-8-9-15-16(10-13)25-11-24-15/h4-10,12H,3,11H2,1-2H3,(H,20,21)/t12-,27-/m0/s1. The number of hydrogen-bond acceptors (Lipinski definition) is 6. The second-order valence-electron chi connectivity index (χ2n) is 5.74. The van der Waals surface area contributed by atoms with Crippen LogP contribution >= 0.6 is 0 Å². The molecule has 2 aromatic carbocycles. The van der Waals surface area contributed by atoms with Gasteiger partial charge in [-0.15, -0.1) is 0 Å². The summed E-state index contributed by atoms with van der Waals surface area (Å²) >= 11 is 0. The molecule has 3 rings (SSSR count). The second-order valence-corrected chi connectivity index (χ2v) is 7.44. The van der Waals surface area contributed by atoms with E-state index < -0.39 is 28.8 Å². The number of anilines is 1. The van der Waals surface area contributed by atoms with E-state index in [1.807, 2.05) is 0 Å². The molecule has 1 aliphatic rings. The zero-order valence-corrected chi connectivity index (χ0v) is 15.7. The first-order chi connectivity index (χ1) is 13.0. The van der Waals surface area contributed by atoms with Gasteiger partial charge in [0.2, 0.25) is 6.79 Å². The van der Waals surface area contributed by atoms with E-state index in [0.29, 0.717) is 27.8 Å². The lowest BCUT2D eigenvalue weighted by Crippen LogP contribution is -2.30. The molecular formula is C19H19NO6S. The lowest BCUT2D eigenvalue weighted by molar-refractivity contribution is -0.123. The Balaban J connectivity index is 1.66. The van der Waals surface area contributed by atoms with E-state index in [-0.39, 0.29) is 12.4 Å². The molecule has 142 valence electrons. The highest BCUT2D eigenvalue weighted by Crippen LogP contribution is 2.34. The van der Waals surface area contributed by atoms with Gasteiger partial charge in [-0.3, -0.25) is 9.00 Å². The fraction of sp³-hybridized carbons (Fsp3) is 0.263. The molecular weight excluding hydrogens is 370 g/mol. The average molecular weight is 389 g/mol. The van der Waals surface area contributed by atoms with Crippen molar-refractivity contribution in [1.82, 2.24) is 0 Å². The number of carbonyl (C=O) groups excluding carboxylic acids is 2. The molecule has 1 amide bonds. The summed E-state index contributed by atoms with van der Waals surface area (Å²) in [6, 6.07) is 11.5. The number of amides is 1. The number of fused-ring (bicyclic) bond motifs is 1. The predicted molar refractivity (Wildman–Crippen MR) is 99.5 cm³/mol. The Morgan fingerprint density at radius 3 is 2.70 bits per heavy atom. The van der Waals surface area contributed by atoms with E-state index in [4.69, 9.17) is 14.2 Å². The molecule has 0 spiro atoms. The molecule has 0 saturated carbocycles. The zero-order valence-electron chi connectivity index (χ0n) is 14.9. The Kier molecular flexibility index (Phi) is 5.75. The van der Waals surface area contributed by atoms with Crippen LogP contribution in [-0.2, 0) is 20.3 Å². The summed E-state index contributed by atoms with van der Waals surface area (Å²) in [5, 5.41) is 2.67. The van der Waals surface area contributed by atoms with Gasteiger partial charge in [0.05, 0.1) is 21.3 Å². The molecule has 8 heteroatoms. The third-order valence-electron chi connectivity index (χ3n) is 3.91. The number of hydrogen-bond donors (Lipinski definition) is 1. The van der Waals surface area contributed by atoms with Crippen molar-refractivity contribution < 1.29 is 28.0 Å². The maximum Gasteiger partial charge on any atom is 0.340 e. The van der Waals surface area contributed by atoms with E-state index in [0.717, 1.165) is 0 Å². The van der Waals surface area contributed by atoms with Crippen LogP contribution < -0.4 is 14.8 Å². The fourth-order valence-electron chi connectivity index (χ4n) is 2.49. The van der Waals surface area contributed by atoms with Gasteiger partial charge in [-0.2, -0.15) is 0 Å². The third-order valence-corrected chi connectivity index (χ3v) is 5.28. The number of benzene rings is 2. The van der Waals surface area contributed by atoms with Crippen molar-refractivity contribution in [3.8, 4) is 11.5 Å². The van der Waals surface area contributed by atoms with Crippen LogP contribution in [0.1, 0.15) is 24.2 Å². The van der Waals surface area contributed by atoms with Crippen LogP contribution in [0.2, 0.25) is 0 Å². The maximum absolute atomic E-state index is 12.4. The number of rotatable bonds is 6. The molecule has 1 heterocycles. The van der Waals surface area contributed by atoms with Crippen LogP contribution in [0.25, 0.3) is 0 Å². The van der Waals surface area contributed by atoms with Gasteiger partial charge in [0.15, 0.2) is 17.6 Å². The first-order valence-electron chi connectivity index (χ1n) is 8.38. The van der Waals surface area contributed by atoms with Crippen LogP contribution in [0.15, 0.2) is 47.4 Å². The summed E-state index contributed by atoms with van der Waals surface area (Å²) in [6.45, 7) is 3.37. The van der Waals surface area contributed by atoms with Crippen molar-refractivity contribution in [1.29, 1.82) is 0 Å². The molecule has 0 bridgehead atoms. The Bertz CT molecular complexity index is 898. The molecule has 0 aliphatic carbocycles. The Morgan fingerprint density at radius 2 is 1.93 bits per heavy atom. The van der Waals surface area contributed by atoms with E-state index in [1.165, 1.54) is 13.0 Å². The highest BCUT2D eigenvalue weighted by molar-refractivity contribution is 7.85. The number of esters is 1. The maximum atomic E-state index is 12.4. The molecule has 2 atom stereocenters. The summed E-state index contributed by atoms with van der Waals surface area (Å²) in [4.78, 5) is 25.2. The van der Waals surface area contributed by atoms with E-state index in [9.17, 15) is 13.8 Å². The third kappa shape index (κ3) is 4.28. The Hall–Kier alpha value is -2.87. The lowest BCUT2D eigenvalue weighted by Gasteiger charge is -2.15. The summed E-state index contributed by atoms with van der Waals surface area (Å²) in [7, 11) is -1.31. The zero-order chi connectivity index (χ0) is 19.4. The summed E-state index contributed by atoms with van der Waals surface area (Å²) in [5.74, 6) is 0.336.